The molecular formula is C7H9ClN2O2S. The van der Waals surface area contributed by atoms with Gasteiger partial charge in [0.05, 0.1) is 11.9 Å². The third-order valence-electron chi connectivity index (χ3n) is 1.43. The largest absolute Gasteiger partial charge is 0.222 e. The second-order valence-corrected chi connectivity index (χ2v) is 5.01. The number of hydrogen-bond donors (Lipinski definition) is 0. The quantitative estimate of drug-likeness (QED) is 0.707. The van der Waals surface area contributed by atoms with Gasteiger partial charge in [0, 0.05) is 5.88 Å². The highest BCUT2D eigenvalue weighted by Crippen LogP contribution is 2.08. The summed E-state index contributed by atoms with van der Waals surface area (Å²) in [6.45, 7) is 1.76. The number of halogens is 1. The summed E-state index contributed by atoms with van der Waals surface area (Å²) in [6.07, 6.45) is 1.50. The predicted molar refractivity (Wildman–Crippen MR) is 49.5 cm³/mol. The van der Waals surface area contributed by atoms with Crippen molar-refractivity contribution in [2.45, 2.75) is 11.9 Å². The molecule has 1 rings (SSSR count). The zero-order valence-electron chi connectivity index (χ0n) is 7.07. The average molecular weight is 221 g/mol. The SMILES string of the molecule is Cc1cnnc(S(=O)(=O)CCCl)c1. The van der Waals surface area contributed by atoms with Crippen LogP contribution in [0.25, 0.3) is 0 Å². The van der Waals surface area contributed by atoms with Crippen LogP contribution in [0.5, 0.6) is 0 Å². The number of sulfone groups is 1. The number of aryl methyl sites for hydroxylation is 1. The van der Waals surface area contributed by atoms with Crippen molar-refractivity contribution in [1.82, 2.24) is 10.2 Å². The molecule has 0 atom stereocenters. The summed E-state index contributed by atoms with van der Waals surface area (Å²) >= 11 is 5.35. The predicted octanol–water partition coefficient (Wildman–Crippen LogP) is 0.798. The molecule has 0 amide bonds. The summed E-state index contributed by atoms with van der Waals surface area (Å²) in [5, 5.41) is 7.09. The maximum atomic E-state index is 11.4. The van der Waals surface area contributed by atoms with Crippen molar-refractivity contribution in [1.29, 1.82) is 0 Å². The van der Waals surface area contributed by atoms with Gasteiger partial charge in [0.25, 0.3) is 0 Å². The fraction of sp³-hybridized carbons (Fsp3) is 0.429. The van der Waals surface area contributed by atoms with Gasteiger partial charge in [0.2, 0.25) is 0 Å². The first-order chi connectivity index (χ1) is 6.06. The Kier molecular flexibility index (Phi) is 3.22. The van der Waals surface area contributed by atoms with E-state index in [4.69, 9.17) is 11.6 Å². The molecule has 0 saturated heterocycles. The number of hydrogen-bond acceptors (Lipinski definition) is 4. The molecule has 72 valence electrons. The first-order valence-corrected chi connectivity index (χ1v) is 5.83. The third-order valence-corrected chi connectivity index (χ3v) is 3.42. The molecule has 4 nitrogen and oxygen atoms in total. The molecule has 1 aromatic heterocycles. The first-order valence-electron chi connectivity index (χ1n) is 3.64. The number of rotatable bonds is 3. The van der Waals surface area contributed by atoms with Gasteiger partial charge in [-0.05, 0) is 18.6 Å². The van der Waals surface area contributed by atoms with Gasteiger partial charge in [0.15, 0.2) is 14.9 Å². The number of aromatic nitrogens is 2. The van der Waals surface area contributed by atoms with Crippen molar-refractivity contribution in [3.8, 4) is 0 Å². The van der Waals surface area contributed by atoms with Gasteiger partial charge in [-0.25, -0.2) is 8.42 Å². The van der Waals surface area contributed by atoms with Crippen LogP contribution in [0, 0.1) is 6.92 Å². The van der Waals surface area contributed by atoms with Crippen molar-refractivity contribution in [2.75, 3.05) is 11.6 Å². The van der Waals surface area contributed by atoms with Crippen LogP contribution < -0.4 is 0 Å². The molecule has 0 fully saturated rings. The van der Waals surface area contributed by atoms with Gasteiger partial charge >= 0.3 is 0 Å². The summed E-state index contributed by atoms with van der Waals surface area (Å²) in [7, 11) is -3.34. The Morgan fingerprint density at radius 2 is 2.23 bits per heavy atom. The molecular weight excluding hydrogens is 212 g/mol. The van der Waals surface area contributed by atoms with Crippen molar-refractivity contribution in [2.24, 2.45) is 0 Å². The van der Waals surface area contributed by atoms with Gasteiger partial charge in [-0.3, -0.25) is 0 Å². The van der Waals surface area contributed by atoms with Gasteiger partial charge in [-0.2, -0.15) is 5.10 Å². The summed E-state index contributed by atoms with van der Waals surface area (Å²) in [5.74, 6) is -0.0371. The Morgan fingerprint density at radius 3 is 2.77 bits per heavy atom. The van der Waals surface area contributed by atoms with Crippen LogP contribution in [0.1, 0.15) is 5.56 Å². The molecule has 1 heterocycles. The van der Waals surface area contributed by atoms with Gasteiger partial charge < -0.3 is 0 Å². The molecule has 0 aliphatic rings. The maximum Gasteiger partial charge on any atom is 0.198 e. The molecule has 0 radical (unpaired) electrons. The molecule has 0 bridgehead atoms. The lowest BCUT2D eigenvalue weighted by Gasteiger charge is -1.99. The molecule has 0 aromatic carbocycles. The van der Waals surface area contributed by atoms with E-state index in [9.17, 15) is 8.42 Å². The fourth-order valence-electron chi connectivity index (χ4n) is 0.796. The second kappa shape index (κ2) is 4.02. The molecule has 0 aliphatic carbocycles. The van der Waals surface area contributed by atoms with E-state index in [1.807, 2.05) is 0 Å². The van der Waals surface area contributed by atoms with Gasteiger partial charge in [0.1, 0.15) is 0 Å². The lowest BCUT2D eigenvalue weighted by atomic mass is 10.4. The molecule has 0 unspecified atom stereocenters. The molecule has 0 aliphatic heterocycles. The van der Waals surface area contributed by atoms with Crippen molar-refractivity contribution >= 4 is 21.4 Å². The summed E-state index contributed by atoms with van der Waals surface area (Å²) in [5.41, 5.74) is 0.767. The van der Waals surface area contributed by atoms with E-state index in [0.29, 0.717) is 0 Å². The van der Waals surface area contributed by atoms with E-state index in [2.05, 4.69) is 10.2 Å². The highest BCUT2D eigenvalue weighted by atomic mass is 35.5. The lowest BCUT2D eigenvalue weighted by Crippen LogP contribution is -2.10. The molecule has 1 aromatic rings. The van der Waals surface area contributed by atoms with E-state index in [-0.39, 0.29) is 16.7 Å². The Hall–Kier alpha value is -0.680. The molecule has 6 heteroatoms. The molecule has 0 saturated carbocycles. The van der Waals surface area contributed by atoms with E-state index in [1.165, 1.54) is 12.3 Å². The van der Waals surface area contributed by atoms with E-state index >= 15 is 0 Å². The lowest BCUT2D eigenvalue weighted by molar-refractivity contribution is 0.591. The standard InChI is InChI=1S/C7H9ClN2O2S/c1-6-4-7(10-9-5-6)13(11,12)3-2-8/h4-5H,2-3H2,1H3. The monoisotopic (exact) mass is 220 g/mol. The number of nitrogens with zero attached hydrogens (tertiary/aromatic N) is 2. The minimum atomic E-state index is -3.34. The van der Waals surface area contributed by atoms with Gasteiger partial charge in [-0.1, -0.05) is 0 Å². The molecule has 0 N–H and O–H groups in total. The zero-order chi connectivity index (χ0) is 9.90. The second-order valence-electron chi connectivity index (χ2n) is 2.58. The van der Waals surface area contributed by atoms with Crippen LogP contribution in [0.15, 0.2) is 17.3 Å². The average Bonchev–Trinajstić information content (AvgIpc) is 2.04. The van der Waals surface area contributed by atoms with Gasteiger partial charge in [-0.15, -0.1) is 16.7 Å². The highest BCUT2D eigenvalue weighted by Gasteiger charge is 2.15. The Morgan fingerprint density at radius 1 is 1.54 bits per heavy atom. The first kappa shape index (κ1) is 10.4. The van der Waals surface area contributed by atoms with Crippen molar-refractivity contribution in [3.63, 3.8) is 0 Å². The topological polar surface area (TPSA) is 59.9 Å². The maximum absolute atomic E-state index is 11.4. The fourth-order valence-corrected chi connectivity index (χ4v) is 2.35. The minimum Gasteiger partial charge on any atom is -0.222 e. The van der Waals surface area contributed by atoms with E-state index < -0.39 is 9.84 Å². The minimum absolute atomic E-state index is 0.00634. The highest BCUT2D eigenvalue weighted by molar-refractivity contribution is 7.91. The van der Waals surface area contributed by atoms with Crippen LogP contribution in [0.3, 0.4) is 0 Å². The molecule has 0 spiro atoms. The normalized spacial score (nSPS) is 11.5. The summed E-state index contributed by atoms with van der Waals surface area (Å²) in [4.78, 5) is 0. The van der Waals surface area contributed by atoms with Crippen molar-refractivity contribution < 1.29 is 8.42 Å². The summed E-state index contributed by atoms with van der Waals surface area (Å²) < 4.78 is 22.8. The number of alkyl halides is 1. The van der Waals surface area contributed by atoms with Crippen LogP contribution in [0.4, 0.5) is 0 Å². The van der Waals surface area contributed by atoms with E-state index in [1.54, 1.807) is 6.92 Å². The Balaban J connectivity index is 3.08. The van der Waals surface area contributed by atoms with Crippen LogP contribution in [-0.2, 0) is 9.84 Å². The smallest absolute Gasteiger partial charge is 0.198 e. The summed E-state index contributed by atoms with van der Waals surface area (Å²) in [6, 6.07) is 1.48. The van der Waals surface area contributed by atoms with Crippen LogP contribution >= 0.6 is 11.6 Å². The van der Waals surface area contributed by atoms with E-state index in [0.717, 1.165) is 5.56 Å². The Labute approximate surface area is 81.9 Å². The Bertz CT molecular complexity index is 391. The van der Waals surface area contributed by atoms with Crippen LogP contribution in [0.2, 0.25) is 0 Å². The van der Waals surface area contributed by atoms with Crippen LogP contribution in [-0.4, -0.2) is 30.2 Å². The molecule has 13 heavy (non-hydrogen) atoms. The third kappa shape index (κ3) is 2.63. The zero-order valence-corrected chi connectivity index (χ0v) is 8.64. The van der Waals surface area contributed by atoms with Crippen molar-refractivity contribution in [3.05, 3.63) is 17.8 Å².